The summed E-state index contributed by atoms with van der Waals surface area (Å²) < 4.78 is 1.40. The average Bonchev–Trinajstić information content (AvgIpc) is 3.09. The summed E-state index contributed by atoms with van der Waals surface area (Å²) in [5.41, 5.74) is 0.858. The van der Waals surface area contributed by atoms with Crippen molar-refractivity contribution in [2.45, 2.75) is 38.6 Å². The standard InChI is InChI=1S/C17H22N4O3S/c1-10-8-18-15-13(16(23)21(3)17(24)20(15)2)14(10)25-9-12(22)19-11-6-4-5-7-11/h8,11,13H,4-7,9H2,1-3H3/p+1. The predicted molar refractivity (Wildman–Crippen MR) is 96.9 cm³/mol. The summed E-state index contributed by atoms with van der Waals surface area (Å²) in [5.74, 6) is -0.232. The summed E-state index contributed by atoms with van der Waals surface area (Å²) in [7, 11) is 3.08. The van der Waals surface area contributed by atoms with Crippen molar-refractivity contribution in [1.29, 1.82) is 0 Å². The SMILES string of the molecule is CC1=C(SCC(=O)NC2CCCC2)C2C(=O)N(C)C(=O)[N+](C)=C2N=C1. The number of amidine groups is 1. The van der Waals surface area contributed by atoms with E-state index in [2.05, 4.69) is 10.3 Å². The van der Waals surface area contributed by atoms with Crippen molar-refractivity contribution in [1.82, 2.24) is 10.2 Å². The molecule has 0 bridgehead atoms. The van der Waals surface area contributed by atoms with Crippen LogP contribution in [0.25, 0.3) is 0 Å². The second kappa shape index (κ2) is 7.11. The topological polar surface area (TPSA) is 81.9 Å². The zero-order valence-electron chi connectivity index (χ0n) is 14.7. The molecular formula is C17H23N4O3S+. The van der Waals surface area contributed by atoms with Crippen LogP contribution < -0.4 is 5.32 Å². The van der Waals surface area contributed by atoms with Crippen LogP contribution in [-0.2, 0) is 9.59 Å². The van der Waals surface area contributed by atoms with Gasteiger partial charge in [0.25, 0.3) is 5.84 Å². The van der Waals surface area contributed by atoms with Gasteiger partial charge in [-0.05, 0) is 25.3 Å². The maximum absolute atomic E-state index is 12.6. The summed E-state index contributed by atoms with van der Waals surface area (Å²) in [6.45, 7) is 1.88. The van der Waals surface area contributed by atoms with Gasteiger partial charge >= 0.3 is 11.9 Å². The Kier molecular flexibility index (Phi) is 5.08. The molecule has 1 fully saturated rings. The van der Waals surface area contributed by atoms with Crippen molar-refractivity contribution in [3.63, 3.8) is 0 Å². The van der Waals surface area contributed by atoms with Crippen molar-refractivity contribution in [2.24, 2.45) is 10.9 Å². The third kappa shape index (κ3) is 3.40. The molecule has 7 nitrogen and oxygen atoms in total. The molecule has 0 radical (unpaired) electrons. The molecular weight excluding hydrogens is 340 g/mol. The first-order chi connectivity index (χ1) is 11.9. The van der Waals surface area contributed by atoms with E-state index in [-0.39, 0.29) is 23.6 Å². The third-order valence-electron chi connectivity index (χ3n) is 4.87. The normalized spacial score (nSPS) is 24.3. The quantitative estimate of drug-likeness (QED) is 0.765. The van der Waals surface area contributed by atoms with Gasteiger partial charge in [0, 0.05) is 10.9 Å². The van der Waals surface area contributed by atoms with Crippen molar-refractivity contribution in [3.05, 3.63) is 10.5 Å². The summed E-state index contributed by atoms with van der Waals surface area (Å²) in [6, 6.07) is -0.110. The fourth-order valence-corrected chi connectivity index (χ4v) is 4.46. The Morgan fingerprint density at radius 2 is 2.08 bits per heavy atom. The maximum atomic E-state index is 12.6. The lowest BCUT2D eigenvalue weighted by Crippen LogP contribution is -2.52. The molecule has 3 aliphatic rings. The van der Waals surface area contributed by atoms with Gasteiger partial charge in [-0.2, -0.15) is 9.48 Å². The van der Waals surface area contributed by atoms with Gasteiger partial charge in [-0.3, -0.25) is 9.59 Å². The lowest BCUT2D eigenvalue weighted by molar-refractivity contribution is -0.407. The number of allylic oxidation sites excluding steroid dienone is 1. The number of nitrogens with one attached hydrogen (secondary N) is 1. The highest BCUT2D eigenvalue weighted by Crippen LogP contribution is 2.34. The summed E-state index contributed by atoms with van der Waals surface area (Å²) in [5, 5.41) is 3.06. The highest BCUT2D eigenvalue weighted by atomic mass is 32.2. The molecule has 0 aromatic carbocycles. The summed E-state index contributed by atoms with van der Waals surface area (Å²) in [4.78, 5) is 43.1. The smallest absolute Gasteiger partial charge is 0.353 e. The van der Waals surface area contributed by atoms with E-state index < -0.39 is 11.9 Å². The number of urea groups is 1. The van der Waals surface area contributed by atoms with Gasteiger partial charge < -0.3 is 5.32 Å². The van der Waals surface area contributed by atoms with Crippen LogP contribution >= 0.6 is 11.8 Å². The van der Waals surface area contributed by atoms with Crippen LogP contribution in [0.3, 0.4) is 0 Å². The van der Waals surface area contributed by atoms with Crippen LogP contribution in [0.5, 0.6) is 0 Å². The molecule has 25 heavy (non-hydrogen) atoms. The molecule has 0 aromatic heterocycles. The van der Waals surface area contributed by atoms with Crippen LogP contribution in [0, 0.1) is 5.92 Å². The van der Waals surface area contributed by atoms with Gasteiger partial charge in [-0.1, -0.05) is 12.8 Å². The van der Waals surface area contributed by atoms with Crippen molar-refractivity contribution < 1.29 is 19.0 Å². The molecule has 0 spiro atoms. The van der Waals surface area contributed by atoms with Crippen LogP contribution in [0.2, 0.25) is 0 Å². The molecule has 1 unspecified atom stereocenters. The van der Waals surface area contributed by atoms with E-state index in [1.165, 1.54) is 36.2 Å². The van der Waals surface area contributed by atoms with Gasteiger partial charge in [0.15, 0.2) is 5.92 Å². The van der Waals surface area contributed by atoms with Gasteiger partial charge in [-0.25, -0.2) is 4.79 Å². The lowest BCUT2D eigenvalue weighted by Gasteiger charge is -2.27. The number of hydrogen-bond acceptors (Lipinski definition) is 5. The number of nitrogens with zero attached hydrogens (tertiary/aromatic N) is 3. The number of carbonyl (C=O) groups excluding carboxylic acids is 3. The van der Waals surface area contributed by atoms with E-state index in [1.807, 2.05) is 6.92 Å². The zero-order chi connectivity index (χ0) is 18.1. The Morgan fingerprint density at radius 1 is 1.40 bits per heavy atom. The monoisotopic (exact) mass is 363 g/mol. The summed E-state index contributed by atoms with van der Waals surface area (Å²) >= 11 is 1.36. The molecule has 2 aliphatic heterocycles. The number of aliphatic imine (C=N–C) groups is 1. The fourth-order valence-electron chi connectivity index (χ4n) is 3.44. The number of dihydropyridines is 1. The van der Waals surface area contributed by atoms with Gasteiger partial charge in [0.2, 0.25) is 5.91 Å². The molecule has 1 N–H and O–H groups in total. The first-order valence-corrected chi connectivity index (χ1v) is 9.47. The third-order valence-corrected chi connectivity index (χ3v) is 6.15. The Hall–Kier alpha value is -1.96. The number of thioether (sulfide) groups is 1. The van der Waals surface area contributed by atoms with Crippen molar-refractivity contribution in [2.75, 3.05) is 19.8 Å². The number of fused-ring (bicyclic) bond motifs is 1. The largest absolute Gasteiger partial charge is 0.445 e. The Labute approximate surface area is 151 Å². The minimum atomic E-state index is -0.609. The molecule has 3 rings (SSSR count). The number of rotatable bonds is 4. The molecule has 4 amide bonds. The van der Waals surface area contributed by atoms with Crippen LogP contribution in [0.4, 0.5) is 4.79 Å². The Morgan fingerprint density at radius 3 is 2.76 bits per heavy atom. The van der Waals surface area contributed by atoms with Gasteiger partial charge in [-0.15, -0.1) is 16.8 Å². The fraction of sp³-hybridized carbons (Fsp3) is 0.588. The first-order valence-electron chi connectivity index (χ1n) is 8.49. The maximum Gasteiger partial charge on any atom is 0.445 e. The molecule has 1 saturated carbocycles. The van der Waals surface area contributed by atoms with Crippen LogP contribution in [0.1, 0.15) is 32.6 Å². The highest BCUT2D eigenvalue weighted by molar-refractivity contribution is 8.03. The van der Waals surface area contributed by atoms with Gasteiger partial charge in [0.1, 0.15) is 6.21 Å². The van der Waals surface area contributed by atoms with Crippen molar-refractivity contribution >= 4 is 41.7 Å². The number of amides is 4. The van der Waals surface area contributed by atoms with E-state index in [0.29, 0.717) is 5.84 Å². The van der Waals surface area contributed by atoms with E-state index in [1.54, 1.807) is 13.3 Å². The number of hydrogen-bond donors (Lipinski definition) is 1. The molecule has 0 aromatic rings. The average molecular weight is 363 g/mol. The zero-order valence-corrected chi connectivity index (χ0v) is 15.6. The predicted octanol–water partition coefficient (Wildman–Crippen LogP) is 1.39. The Bertz CT molecular complexity index is 719. The highest BCUT2D eigenvalue weighted by Gasteiger charge is 2.47. The number of carbonyl (C=O) groups is 3. The molecule has 0 saturated heterocycles. The van der Waals surface area contributed by atoms with Crippen LogP contribution in [0.15, 0.2) is 15.5 Å². The second-order valence-corrected chi connectivity index (χ2v) is 7.69. The molecule has 8 heteroatoms. The molecule has 1 aliphatic carbocycles. The first kappa shape index (κ1) is 17.8. The van der Waals surface area contributed by atoms with E-state index in [9.17, 15) is 14.4 Å². The van der Waals surface area contributed by atoms with E-state index in [0.717, 1.165) is 28.2 Å². The molecule has 1 atom stereocenters. The van der Waals surface area contributed by atoms with Crippen molar-refractivity contribution in [3.8, 4) is 0 Å². The summed E-state index contributed by atoms with van der Waals surface area (Å²) in [6.07, 6.45) is 6.08. The van der Waals surface area contributed by atoms with Crippen LogP contribution in [-0.4, -0.2) is 65.3 Å². The minimum absolute atomic E-state index is 0.0118. The minimum Gasteiger partial charge on any atom is -0.353 e. The molecule has 134 valence electrons. The Balaban J connectivity index is 1.75. The van der Waals surface area contributed by atoms with E-state index >= 15 is 0 Å². The number of imide groups is 1. The van der Waals surface area contributed by atoms with Gasteiger partial charge in [0.05, 0.1) is 19.8 Å². The molecule has 2 heterocycles. The second-order valence-electron chi connectivity index (χ2n) is 6.67. The lowest BCUT2D eigenvalue weighted by atomic mass is 9.99. The van der Waals surface area contributed by atoms with E-state index in [4.69, 9.17) is 0 Å².